The molecule has 2 nitrogen and oxygen atoms in total. The molecule has 0 saturated carbocycles. The van der Waals surface area contributed by atoms with Crippen molar-refractivity contribution < 1.29 is 9.53 Å². The summed E-state index contributed by atoms with van der Waals surface area (Å²) in [7, 11) is 1.65. The Morgan fingerprint density at radius 1 is 1.09 bits per heavy atom. The molecular weight excluding hydrogens is 292 g/mol. The number of methoxy groups -OCH3 is 1. The van der Waals surface area contributed by atoms with E-state index in [0.29, 0.717) is 0 Å². The van der Waals surface area contributed by atoms with E-state index in [1.165, 1.54) is 5.56 Å². The second-order valence-electron chi connectivity index (χ2n) is 5.55. The van der Waals surface area contributed by atoms with Gasteiger partial charge in [-0.2, -0.15) is 0 Å². The summed E-state index contributed by atoms with van der Waals surface area (Å²) in [5.41, 5.74) is 1.32. The van der Waals surface area contributed by atoms with Crippen LogP contribution in [0.15, 0.2) is 59.5 Å². The first kappa shape index (κ1) is 16.6. The predicted molar refractivity (Wildman–Crippen MR) is 92.7 cm³/mol. The highest BCUT2D eigenvalue weighted by Gasteiger charge is 2.24. The van der Waals surface area contributed by atoms with Crippen LogP contribution in [0.4, 0.5) is 0 Å². The first-order valence-electron chi connectivity index (χ1n) is 7.48. The van der Waals surface area contributed by atoms with Crippen LogP contribution in [-0.4, -0.2) is 18.1 Å². The lowest BCUT2D eigenvalue weighted by Crippen LogP contribution is -2.22. The molecular formula is C19H22O2S. The van der Waals surface area contributed by atoms with Crippen LogP contribution in [0.2, 0.25) is 0 Å². The Kier molecular flexibility index (Phi) is 6.08. The normalized spacial score (nSPS) is 13.4. The summed E-state index contributed by atoms with van der Waals surface area (Å²) in [6.07, 6.45) is 3.95. The van der Waals surface area contributed by atoms with Crippen LogP contribution in [0, 0.1) is 0 Å². The van der Waals surface area contributed by atoms with Crippen molar-refractivity contribution in [3.63, 3.8) is 0 Å². The molecule has 0 aliphatic heterocycles. The molecule has 0 amide bonds. The smallest absolute Gasteiger partial charge is 0.136 e. The van der Waals surface area contributed by atoms with E-state index < -0.39 is 0 Å². The number of carbonyl (C=O) groups excluding carboxylic acids is 1. The standard InChI is InChI=1S/C19H22O2S/c1-19(15-20,14-6-9-16-7-4-3-5-8-16)22-18-12-10-17(21-2)11-13-18/h3-5,7-8,10-13,15H,6,9,14H2,1-2H3. The largest absolute Gasteiger partial charge is 0.497 e. The molecule has 0 aromatic heterocycles. The minimum Gasteiger partial charge on any atom is -0.497 e. The number of rotatable bonds is 8. The van der Waals surface area contributed by atoms with Crippen molar-refractivity contribution in [1.29, 1.82) is 0 Å². The zero-order valence-corrected chi connectivity index (χ0v) is 13.9. The number of ether oxygens (including phenoxy) is 1. The number of thioether (sulfide) groups is 1. The number of aryl methyl sites for hydroxylation is 1. The lowest BCUT2D eigenvalue weighted by atomic mass is 10.0. The van der Waals surface area contributed by atoms with Crippen LogP contribution in [-0.2, 0) is 11.2 Å². The number of hydrogen-bond donors (Lipinski definition) is 0. The minimum absolute atomic E-state index is 0.386. The predicted octanol–water partition coefficient (Wildman–Crippen LogP) is 4.77. The fourth-order valence-electron chi connectivity index (χ4n) is 2.34. The zero-order chi connectivity index (χ0) is 15.8. The van der Waals surface area contributed by atoms with Crippen LogP contribution in [0.1, 0.15) is 25.3 Å². The van der Waals surface area contributed by atoms with Crippen LogP contribution in [0.5, 0.6) is 5.75 Å². The van der Waals surface area contributed by atoms with Gasteiger partial charge in [-0.1, -0.05) is 30.3 Å². The second kappa shape index (κ2) is 8.04. The molecule has 0 radical (unpaired) electrons. The Balaban J connectivity index is 1.91. The van der Waals surface area contributed by atoms with Crippen LogP contribution < -0.4 is 4.74 Å². The highest BCUT2D eigenvalue weighted by molar-refractivity contribution is 8.01. The third kappa shape index (κ3) is 4.92. The van der Waals surface area contributed by atoms with Crippen LogP contribution in [0.25, 0.3) is 0 Å². The summed E-state index contributed by atoms with van der Waals surface area (Å²) in [4.78, 5) is 12.6. The van der Waals surface area contributed by atoms with E-state index in [4.69, 9.17) is 4.74 Å². The van der Waals surface area contributed by atoms with Gasteiger partial charge in [-0.25, -0.2) is 0 Å². The fourth-order valence-corrected chi connectivity index (χ4v) is 3.44. The summed E-state index contributed by atoms with van der Waals surface area (Å²) in [5.74, 6) is 0.834. The van der Waals surface area contributed by atoms with E-state index in [0.717, 1.165) is 36.2 Å². The minimum atomic E-state index is -0.386. The van der Waals surface area contributed by atoms with Crippen molar-refractivity contribution in [3.8, 4) is 5.75 Å². The number of hydrogen-bond acceptors (Lipinski definition) is 3. The Hall–Kier alpha value is -1.74. The van der Waals surface area contributed by atoms with E-state index in [1.54, 1.807) is 18.9 Å². The molecule has 0 heterocycles. The molecule has 1 atom stereocenters. The summed E-state index contributed by atoms with van der Waals surface area (Å²) < 4.78 is 4.78. The molecule has 0 saturated heterocycles. The SMILES string of the molecule is COc1ccc(SC(C)(C=O)CCCc2ccccc2)cc1. The number of carbonyl (C=O) groups is 1. The van der Waals surface area contributed by atoms with Gasteiger partial charge in [0.25, 0.3) is 0 Å². The van der Waals surface area contributed by atoms with E-state index in [-0.39, 0.29) is 4.75 Å². The maximum absolute atomic E-state index is 11.6. The quantitative estimate of drug-likeness (QED) is 0.519. The zero-order valence-electron chi connectivity index (χ0n) is 13.1. The molecule has 0 fully saturated rings. The van der Waals surface area contributed by atoms with Crippen molar-refractivity contribution in [2.24, 2.45) is 0 Å². The lowest BCUT2D eigenvalue weighted by molar-refractivity contribution is -0.109. The van der Waals surface area contributed by atoms with E-state index in [9.17, 15) is 4.79 Å². The molecule has 0 aliphatic carbocycles. The summed E-state index contributed by atoms with van der Waals surface area (Å²) in [6, 6.07) is 18.3. The van der Waals surface area contributed by atoms with Gasteiger partial charge in [-0.15, -0.1) is 11.8 Å². The fraction of sp³-hybridized carbons (Fsp3) is 0.316. The van der Waals surface area contributed by atoms with Gasteiger partial charge in [-0.3, -0.25) is 0 Å². The summed E-state index contributed by atoms with van der Waals surface area (Å²) in [5, 5.41) is 0. The molecule has 0 aliphatic rings. The second-order valence-corrected chi connectivity index (χ2v) is 7.16. The first-order chi connectivity index (χ1) is 10.6. The third-order valence-corrected chi connectivity index (χ3v) is 4.92. The number of aldehydes is 1. The van der Waals surface area contributed by atoms with Gasteiger partial charge >= 0.3 is 0 Å². The van der Waals surface area contributed by atoms with Gasteiger partial charge in [0.05, 0.1) is 11.9 Å². The topological polar surface area (TPSA) is 26.3 Å². The van der Waals surface area contributed by atoms with E-state index in [1.807, 2.05) is 37.3 Å². The molecule has 22 heavy (non-hydrogen) atoms. The van der Waals surface area contributed by atoms with Crippen molar-refractivity contribution in [3.05, 3.63) is 60.2 Å². The molecule has 0 spiro atoms. The van der Waals surface area contributed by atoms with Gasteiger partial charge < -0.3 is 9.53 Å². The van der Waals surface area contributed by atoms with E-state index >= 15 is 0 Å². The van der Waals surface area contributed by atoms with Crippen LogP contribution in [0.3, 0.4) is 0 Å². The van der Waals surface area contributed by atoms with E-state index in [2.05, 4.69) is 24.3 Å². The molecule has 0 N–H and O–H groups in total. The molecule has 2 aromatic carbocycles. The number of benzene rings is 2. The maximum atomic E-state index is 11.6. The van der Waals surface area contributed by atoms with Crippen LogP contribution >= 0.6 is 11.8 Å². The molecule has 116 valence electrons. The van der Waals surface area contributed by atoms with Gasteiger partial charge in [0.2, 0.25) is 0 Å². The van der Waals surface area contributed by atoms with Crippen molar-refractivity contribution in [1.82, 2.24) is 0 Å². The van der Waals surface area contributed by atoms with Crippen molar-refractivity contribution >= 4 is 18.0 Å². The highest BCUT2D eigenvalue weighted by atomic mass is 32.2. The van der Waals surface area contributed by atoms with Gasteiger partial charge in [-0.05, 0) is 56.0 Å². The first-order valence-corrected chi connectivity index (χ1v) is 8.30. The Morgan fingerprint density at radius 2 is 1.77 bits per heavy atom. The van der Waals surface area contributed by atoms with Gasteiger partial charge in [0.15, 0.2) is 0 Å². The molecule has 1 unspecified atom stereocenters. The third-order valence-electron chi connectivity index (χ3n) is 3.64. The summed E-state index contributed by atoms with van der Waals surface area (Å²) in [6.45, 7) is 2.01. The molecule has 2 rings (SSSR count). The average Bonchev–Trinajstić information content (AvgIpc) is 2.56. The Bertz CT molecular complexity index is 580. The summed E-state index contributed by atoms with van der Waals surface area (Å²) >= 11 is 1.62. The highest BCUT2D eigenvalue weighted by Crippen LogP contribution is 2.35. The average molecular weight is 314 g/mol. The van der Waals surface area contributed by atoms with Gasteiger partial charge in [0.1, 0.15) is 12.0 Å². The molecule has 2 aromatic rings. The Morgan fingerprint density at radius 3 is 2.36 bits per heavy atom. The van der Waals surface area contributed by atoms with Crippen molar-refractivity contribution in [2.45, 2.75) is 35.8 Å². The lowest BCUT2D eigenvalue weighted by Gasteiger charge is -2.22. The monoisotopic (exact) mass is 314 g/mol. The Labute approximate surface area is 136 Å². The molecule has 0 bridgehead atoms. The van der Waals surface area contributed by atoms with Gasteiger partial charge in [0, 0.05) is 4.90 Å². The molecule has 3 heteroatoms. The maximum Gasteiger partial charge on any atom is 0.136 e. The van der Waals surface area contributed by atoms with Crippen molar-refractivity contribution in [2.75, 3.05) is 7.11 Å².